The molecule has 4 nitrogen and oxygen atoms in total. The normalized spacial score (nSPS) is 11.9. The minimum absolute atomic E-state index is 0.0163. The molecular formula is C33H36N2O2. The smallest absolute Gasteiger partial charge is 0.243 e. The highest BCUT2D eigenvalue weighted by Crippen LogP contribution is 2.22. The number of hydrogen-bond acceptors (Lipinski definition) is 2. The van der Waals surface area contributed by atoms with Crippen molar-refractivity contribution in [1.82, 2.24) is 10.2 Å². The number of amides is 2. The molecule has 4 rings (SSSR count). The van der Waals surface area contributed by atoms with Gasteiger partial charge in [0, 0.05) is 25.4 Å². The lowest BCUT2D eigenvalue weighted by Gasteiger charge is -2.32. The zero-order chi connectivity index (χ0) is 26.2. The molecule has 0 aliphatic heterocycles. The largest absolute Gasteiger partial charge is 0.352 e. The lowest BCUT2D eigenvalue weighted by Crippen LogP contribution is -2.51. The van der Waals surface area contributed by atoms with Crippen molar-refractivity contribution in [2.75, 3.05) is 0 Å². The van der Waals surface area contributed by atoms with Gasteiger partial charge in [0.2, 0.25) is 11.8 Å². The van der Waals surface area contributed by atoms with E-state index in [0.717, 1.165) is 22.3 Å². The number of fused-ring (bicyclic) bond motifs is 1. The van der Waals surface area contributed by atoms with Crippen LogP contribution in [0.2, 0.25) is 0 Å². The zero-order valence-electron chi connectivity index (χ0n) is 22.0. The Labute approximate surface area is 220 Å². The number of rotatable bonds is 10. The minimum atomic E-state index is -0.606. The van der Waals surface area contributed by atoms with E-state index in [1.54, 1.807) is 4.90 Å². The van der Waals surface area contributed by atoms with Crippen molar-refractivity contribution in [3.63, 3.8) is 0 Å². The molecule has 0 unspecified atom stereocenters. The van der Waals surface area contributed by atoms with Gasteiger partial charge in [0.05, 0.1) is 0 Å². The Morgan fingerprint density at radius 3 is 2.24 bits per heavy atom. The standard InChI is InChI=1S/C33H36N2O2/c1-24(2)34-33(37)31(22-26-12-5-4-6-13-26)35(23-27-14-9-11-25(3)21-27)32(36)20-19-29-17-10-16-28-15-7-8-18-30(28)29/h4-18,21,24,31H,19-20,22-23H2,1-3H3,(H,34,37)/t31-/m0/s1. The minimum Gasteiger partial charge on any atom is -0.352 e. The molecule has 190 valence electrons. The second-order valence-corrected chi connectivity index (χ2v) is 10.0. The summed E-state index contributed by atoms with van der Waals surface area (Å²) in [5, 5.41) is 5.40. The van der Waals surface area contributed by atoms with E-state index in [1.807, 2.05) is 87.5 Å². The Morgan fingerprint density at radius 2 is 1.49 bits per heavy atom. The average molecular weight is 493 g/mol. The van der Waals surface area contributed by atoms with E-state index in [2.05, 4.69) is 35.6 Å². The molecule has 4 aromatic rings. The molecule has 1 N–H and O–H groups in total. The third-order valence-electron chi connectivity index (χ3n) is 6.63. The molecule has 0 aliphatic rings. The fraction of sp³-hybridized carbons (Fsp3) is 0.273. The van der Waals surface area contributed by atoms with Crippen molar-refractivity contribution >= 4 is 22.6 Å². The van der Waals surface area contributed by atoms with Gasteiger partial charge in [-0.1, -0.05) is 103 Å². The summed E-state index contributed by atoms with van der Waals surface area (Å²) in [7, 11) is 0. The molecule has 4 aromatic carbocycles. The highest BCUT2D eigenvalue weighted by Gasteiger charge is 2.30. The highest BCUT2D eigenvalue weighted by atomic mass is 16.2. The van der Waals surface area contributed by atoms with Gasteiger partial charge < -0.3 is 10.2 Å². The summed E-state index contributed by atoms with van der Waals surface area (Å²) in [5.41, 5.74) is 4.33. The van der Waals surface area contributed by atoms with E-state index in [-0.39, 0.29) is 17.9 Å². The first-order valence-electron chi connectivity index (χ1n) is 13.1. The van der Waals surface area contributed by atoms with Gasteiger partial charge in [0.1, 0.15) is 6.04 Å². The molecule has 0 saturated heterocycles. The maximum atomic E-state index is 13.9. The summed E-state index contributed by atoms with van der Waals surface area (Å²) in [6, 6.07) is 32.0. The fourth-order valence-corrected chi connectivity index (χ4v) is 4.84. The molecule has 0 fully saturated rings. The number of hydrogen-bond donors (Lipinski definition) is 1. The van der Waals surface area contributed by atoms with Crippen LogP contribution >= 0.6 is 0 Å². The molecule has 0 aliphatic carbocycles. The average Bonchev–Trinajstić information content (AvgIpc) is 2.89. The van der Waals surface area contributed by atoms with E-state index in [9.17, 15) is 9.59 Å². The van der Waals surface area contributed by atoms with Gasteiger partial charge >= 0.3 is 0 Å². The van der Waals surface area contributed by atoms with Crippen molar-refractivity contribution in [1.29, 1.82) is 0 Å². The number of carbonyl (C=O) groups is 2. The Hall–Kier alpha value is -3.92. The van der Waals surface area contributed by atoms with Crippen LogP contribution in [0.4, 0.5) is 0 Å². The van der Waals surface area contributed by atoms with Gasteiger partial charge in [0.15, 0.2) is 0 Å². The topological polar surface area (TPSA) is 49.4 Å². The SMILES string of the molecule is Cc1cccc(CN(C(=O)CCc2cccc3ccccc23)[C@@H](Cc2ccccc2)C(=O)NC(C)C)c1. The molecule has 1 atom stereocenters. The van der Waals surface area contributed by atoms with Crippen LogP contribution in [-0.2, 0) is 29.0 Å². The molecule has 0 radical (unpaired) electrons. The first-order chi connectivity index (χ1) is 17.9. The van der Waals surface area contributed by atoms with Crippen molar-refractivity contribution in [2.45, 2.75) is 58.7 Å². The van der Waals surface area contributed by atoms with Crippen LogP contribution in [0.5, 0.6) is 0 Å². The first kappa shape index (κ1) is 26.2. The van der Waals surface area contributed by atoms with Crippen LogP contribution in [0.15, 0.2) is 97.1 Å². The van der Waals surface area contributed by atoms with E-state index >= 15 is 0 Å². The molecule has 0 bridgehead atoms. The monoisotopic (exact) mass is 492 g/mol. The summed E-state index contributed by atoms with van der Waals surface area (Å²) in [6.07, 6.45) is 1.42. The summed E-state index contributed by atoms with van der Waals surface area (Å²) in [6.45, 7) is 6.33. The Kier molecular flexibility index (Phi) is 8.73. The third-order valence-corrected chi connectivity index (χ3v) is 6.63. The van der Waals surface area contributed by atoms with Crippen LogP contribution in [0.25, 0.3) is 10.8 Å². The van der Waals surface area contributed by atoms with E-state index in [0.29, 0.717) is 25.8 Å². The first-order valence-corrected chi connectivity index (χ1v) is 13.1. The molecule has 0 saturated carbocycles. The number of benzene rings is 4. The van der Waals surface area contributed by atoms with Gasteiger partial charge in [-0.3, -0.25) is 9.59 Å². The van der Waals surface area contributed by atoms with Crippen LogP contribution < -0.4 is 5.32 Å². The molecule has 4 heteroatoms. The number of nitrogens with zero attached hydrogens (tertiary/aromatic N) is 1. The molecule has 0 spiro atoms. The molecule has 37 heavy (non-hydrogen) atoms. The van der Waals surface area contributed by atoms with Crippen molar-refractivity contribution in [3.8, 4) is 0 Å². The maximum absolute atomic E-state index is 13.9. The second kappa shape index (κ2) is 12.4. The van der Waals surface area contributed by atoms with Crippen LogP contribution in [0.1, 0.15) is 42.5 Å². The van der Waals surface area contributed by atoms with Crippen molar-refractivity contribution in [3.05, 3.63) is 119 Å². The maximum Gasteiger partial charge on any atom is 0.243 e. The van der Waals surface area contributed by atoms with Crippen LogP contribution in [0, 0.1) is 6.92 Å². The summed E-state index contributed by atoms with van der Waals surface area (Å²) in [5.74, 6) is -0.140. The summed E-state index contributed by atoms with van der Waals surface area (Å²) < 4.78 is 0. The highest BCUT2D eigenvalue weighted by molar-refractivity contribution is 5.89. The Morgan fingerprint density at radius 1 is 0.811 bits per heavy atom. The molecule has 0 aromatic heterocycles. The summed E-state index contributed by atoms with van der Waals surface area (Å²) in [4.78, 5) is 29.2. The number of aryl methyl sites for hydroxylation is 2. The fourth-order valence-electron chi connectivity index (χ4n) is 4.84. The summed E-state index contributed by atoms with van der Waals surface area (Å²) >= 11 is 0. The van der Waals surface area contributed by atoms with Crippen LogP contribution in [0.3, 0.4) is 0 Å². The van der Waals surface area contributed by atoms with Crippen molar-refractivity contribution in [2.24, 2.45) is 0 Å². The predicted octanol–water partition coefficient (Wildman–Crippen LogP) is 6.25. The Balaban J connectivity index is 1.64. The van der Waals surface area contributed by atoms with Gasteiger partial charge in [-0.05, 0) is 54.7 Å². The van der Waals surface area contributed by atoms with Gasteiger partial charge in [0.25, 0.3) is 0 Å². The van der Waals surface area contributed by atoms with Gasteiger partial charge in [-0.15, -0.1) is 0 Å². The van der Waals surface area contributed by atoms with E-state index in [4.69, 9.17) is 0 Å². The quantitative estimate of drug-likeness (QED) is 0.285. The lowest BCUT2D eigenvalue weighted by atomic mass is 9.99. The third kappa shape index (κ3) is 7.07. The zero-order valence-corrected chi connectivity index (χ0v) is 22.0. The number of carbonyl (C=O) groups excluding carboxylic acids is 2. The number of nitrogens with one attached hydrogen (secondary N) is 1. The molecular weight excluding hydrogens is 456 g/mol. The van der Waals surface area contributed by atoms with Gasteiger partial charge in [-0.2, -0.15) is 0 Å². The molecule has 2 amide bonds. The Bertz CT molecular complexity index is 1340. The molecule has 0 heterocycles. The van der Waals surface area contributed by atoms with Gasteiger partial charge in [-0.25, -0.2) is 0 Å². The van der Waals surface area contributed by atoms with Crippen molar-refractivity contribution < 1.29 is 9.59 Å². The van der Waals surface area contributed by atoms with Crippen LogP contribution in [-0.4, -0.2) is 28.8 Å². The second-order valence-electron chi connectivity index (χ2n) is 10.0. The van der Waals surface area contributed by atoms with E-state index in [1.165, 1.54) is 10.8 Å². The lowest BCUT2D eigenvalue weighted by molar-refractivity contribution is -0.141. The predicted molar refractivity (Wildman–Crippen MR) is 151 cm³/mol. The van der Waals surface area contributed by atoms with E-state index < -0.39 is 6.04 Å².